The second kappa shape index (κ2) is 9.52. The van der Waals surface area contributed by atoms with E-state index in [4.69, 9.17) is 0 Å². The molecule has 0 saturated carbocycles. The first-order valence-corrected chi connectivity index (χ1v) is 10.5. The summed E-state index contributed by atoms with van der Waals surface area (Å²) in [6.45, 7) is 6.47. The lowest BCUT2D eigenvalue weighted by molar-refractivity contribution is 0.0936. The summed E-state index contributed by atoms with van der Waals surface area (Å²) in [4.78, 5) is 24.9. The number of aromatic nitrogens is 3. The smallest absolute Gasteiger partial charge is 0.251 e. The minimum atomic E-state index is -0.311. The first-order chi connectivity index (χ1) is 14.0. The maximum absolute atomic E-state index is 12.5. The lowest BCUT2D eigenvalue weighted by atomic mass is 10.1. The van der Waals surface area contributed by atoms with Gasteiger partial charge in [0.2, 0.25) is 0 Å². The third-order valence-corrected chi connectivity index (χ3v) is 5.47. The number of nitrogens with zero attached hydrogens (tertiary/aromatic N) is 3. The Morgan fingerprint density at radius 2 is 1.79 bits per heavy atom. The van der Waals surface area contributed by atoms with Crippen molar-refractivity contribution in [3.63, 3.8) is 0 Å². The molecule has 0 bridgehead atoms. The van der Waals surface area contributed by atoms with E-state index in [9.17, 15) is 9.59 Å². The maximum atomic E-state index is 12.5. The number of benzene rings is 2. The van der Waals surface area contributed by atoms with Crippen LogP contribution >= 0.6 is 11.8 Å². The Balaban J connectivity index is 1.68. The monoisotopic (exact) mass is 408 g/mol. The summed E-state index contributed by atoms with van der Waals surface area (Å²) in [5, 5.41) is 12.2. The van der Waals surface area contributed by atoms with Crippen molar-refractivity contribution >= 4 is 23.5 Å². The first kappa shape index (κ1) is 20.8. The molecule has 150 valence electrons. The third kappa shape index (κ3) is 5.12. The van der Waals surface area contributed by atoms with Crippen molar-refractivity contribution in [3.05, 3.63) is 77.1 Å². The topological polar surface area (TPSA) is 76.9 Å². The van der Waals surface area contributed by atoms with Crippen molar-refractivity contribution in [2.45, 2.75) is 38.5 Å². The Kier molecular flexibility index (Phi) is 6.82. The fourth-order valence-electron chi connectivity index (χ4n) is 2.99. The number of nitrogens with one attached hydrogen (secondary N) is 1. The summed E-state index contributed by atoms with van der Waals surface area (Å²) in [5.41, 5.74) is 2.33. The van der Waals surface area contributed by atoms with Crippen molar-refractivity contribution in [2.75, 3.05) is 5.75 Å². The van der Waals surface area contributed by atoms with E-state index in [2.05, 4.69) is 15.5 Å². The van der Waals surface area contributed by atoms with E-state index in [1.54, 1.807) is 6.07 Å². The fourth-order valence-corrected chi connectivity index (χ4v) is 3.90. The van der Waals surface area contributed by atoms with Crippen molar-refractivity contribution < 1.29 is 9.59 Å². The van der Waals surface area contributed by atoms with Gasteiger partial charge in [0.1, 0.15) is 0 Å². The lowest BCUT2D eigenvalue weighted by Crippen LogP contribution is -2.28. The van der Waals surface area contributed by atoms with Gasteiger partial charge in [-0.25, -0.2) is 0 Å². The van der Waals surface area contributed by atoms with E-state index >= 15 is 0 Å². The minimum absolute atomic E-state index is 0.0450. The van der Waals surface area contributed by atoms with Crippen LogP contribution in [0.15, 0.2) is 59.8 Å². The molecule has 0 unspecified atom stereocenters. The van der Waals surface area contributed by atoms with Crippen molar-refractivity contribution in [2.24, 2.45) is 0 Å². The highest BCUT2D eigenvalue weighted by atomic mass is 32.2. The van der Waals surface area contributed by atoms with Crippen molar-refractivity contribution in [1.82, 2.24) is 20.1 Å². The zero-order valence-corrected chi connectivity index (χ0v) is 17.6. The summed E-state index contributed by atoms with van der Waals surface area (Å²) in [7, 11) is 0. The molecule has 1 aromatic heterocycles. The molecule has 1 atom stereocenters. The Hall–Kier alpha value is -2.93. The van der Waals surface area contributed by atoms with Gasteiger partial charge < -0.3 is 9.88 Å². The van der Waals surface area contributed by atoms with Gasteiger partial charge in [-0.05, 0) is 32.9 Å². The number of hydrogen-bond donors (Lipinski definition) is 1. The minimum Gasteiger partial charge on any atom is -0.342 e. The van der Waals surface area contributed by atoms with Gasteiger partial charge in [0.15, 0.2) is 16.8 Å². The molecule has 3 rings (SSSR count). The Morgan fingerprint density at radius 1 is 1.07 bits per heavy atom. The fraction of sp³-hybridized carbons (Fsp3) is 0.273. The highest BCUT2D eigenvalue weighted by Gasteiger charge is 2.20. The molecule has 0 aliphatic heterocycles. The molecule has 2 aromatic carbocycles. The van der Waals surface area contributed by atoms with Crippen LogP contribution in [0.3, 0.4) is 0 Å². The molecule has 0 saturated heterocycles. The molecule has 1 heterocycles. The molecular formula is C22H24N4O2S. The van der Waals surface area contributed by atoms with Crippen LogP contribution in [0.1, 0.15) is 52.0 Å². The standard InChI is InChI=1S/C22H24N4O2S/c1-4-26-20(16(3)23-21(28)18-12-8-9-15(2)13-18)24-25-22(26)29-14-19(27)17-10-6-5-7-11-17/h5-13,16H,4,14H2,1-3H3,(H,23,28)/t16-/m0/s1. The van der Waals surface area contributed by atoms with Gasteiger partial charge >= 0.3 is 0 Å². The average molecular weight is 409 g/mol. The largest absolute Gasteiger partial charge is 0.342 e. The molecule has 29 heavy (non-hydrogen) atoms. The number of Topliss-reactive ketones (excluding diaryl/α,β-unsaturated/α-hetero) is 1. The molecule has 0 radical (unpaired) electrons. The highest BCUT2D eigenvalue weighted by molar-refractivity contribution is 7.99. The van der Waals surface area contributed by atoms with Gasteiger partial charge in [-0.3, -0.25) is 9.59 Å². The quantitative estimate of drug-likeness (QED) is 0.449. The number of thioether (sulfide) groups is 1. The Morgan fingerprint density at radius 3 is 2.48 bits per heavy atom. The maximum Gasteiger partial charge on any atom is 0.251 e. The number of rotatable bonds is 8. The number of hydrogen-bond acceptors (Lipinski definition) is 5. The first-order valence-electron chi connectivity index (χ1n) is 9.51. The Bertz CT molecular complexity index is 1000. The number of amides is 1. The van der Waals surface area contributed by atoms with Crippen LogP contribution < -0.4 is 5.32 Å². The van der Waals surface area contributed by atoms with Crippen LogP contribution in [0.4, 0.5) is 0 Å². The predicted molar refractivity (Wildman–Crippen MR) is 114 cm³/mol. The zero-order valence-electron chi connectivity index (χ0n) is 16.8. The van der Waals surface area contributed by atoms with E-state index in [1.807, 2.05) is 73.9 Å². The van der Waals surface area contributed by atoms with Crippen LogP contribution in [-0.2, 0) is 6.54 Å². The van der Waals surface area contributed by atoms with E-state index in [-0.39, 0.29) is 23.5 Å². The Labute approximate surface area is 174 Å². The molecule has 1 amide bonds. The van der Waals surface area contributed by atoms with Crippen LogP contribution in [-0.4, -0.2) is 32.2 Å². The molecule has 0 aliphatic carbocycles. The molecule has 6 nitrogen and oxygen atoms in total. The summed E-state index contributed by atoms with van der Waals surface area (Å²) >= 11 is 1.36. The van der Waals surface area contributed by atoms with E-state index in [0.29, 0.717) is 28.7 Å². The van der Waals surface area contributed by atoms with Crippen LogP contribution in [0.5, 0.6) is 0 Å². The van der Waals surface area contributed by atoms with E-state index < -0.39 is 0 Å². The second-order valence-electron chi connectivity index (χ2n) is 6.73. The highest BCUT2D eigenvalue weighted by Crippen LogP contribution is 2.22. The summed E-state index contributed by atoms with van der Waals surface area (Å²) in [5.74, 6) is 0.846. The normalized spacial score (nSPS) is 11.8. The van der Waals surface area contributed by atoms with Crippen LogP contribution in [0, 0.1) is 6.92 Å². The van der Waals surface area contributed by atoms with Crippen LogP contribution in [0.25, 0.3) is 0 Å². The predicted octanol–water partition coefficient (Wildman–Crippen LogP) is 4.07. The zero-order chi connectivity index (χ0) is 20.8. The molecule has 7 heteroatoms. The molecule has 3 aromatic rings. The van der Waals surface area contributed by atoms with E-state index in [1.165, 1.54) is 11.8 Å². The van der Waals surface area contributed by atoms with Crippen molar-refractivity contribution in [3.8, 4) is 0 Å². The van der Waals surface area contributed by atoms with Gasteiger partial charge in [0.05, 0.1) is 11.8 Å². The van der Waals surface area contributed by atoms with E-state index in [0.717, 1.165) is 5.56 Å². The van der Waals surface area contributed by atoms with Crippen LogP contribution in [0.2, 0.25) is 0 Å². The van der Waals surface area contributed by atoms with Gasteiger partial charge in [0.25, 0.3) is 5.91 Å². The number of aryl methyl sites for hydroxylation is 1. The SMILES string of the molecule is CCn1c(SCC(=O)c2ccccc2)nnc1[C@H](C)NC(=O)c1cccc(C)c1. The number of carbonyl (C=O) groups is 2. The molecule has 0 spiro atoms. The van der Waals surface area contributed by atoms with Gasteiger partial charge in [-0.15, -0.1) is 10.2 Å². The second-order valence-corrected chi connectivity index (χ2v) is 7.67. The van der Waals surface area contributed by atoms with Gasteiger partial charge in [-0.2, -0.15) is 0 Å². The molecular weight excluding hydrogens is 384 g/mol. The summed E-state index contributed by atoms with van der Waals surface area (Å²) < 4.78 is 1.93. The summed E-state index contributed by atoms with van der Waals surface area (Å²) in [6.07, 6.45) is 0. The van der Waals surface area contributed by atoms with Gasteiger partial charge in [0, 0.05) is 17.7 Å². The number of carbonyl (C=O) groups excluding carboxylic acids is 2. The molecule has 0 fully saturated rings. The average Bonchev–Trinajstić information content (AvgIpc) is 3.15. The molecule has 1 N–H and O–H groups in total. The van der Waals surface area contributed by atoms with Crippen molar-refractivity contribution in [1.29, 1.82) is 0 Å². The number of ketones is 1. The summed E-state index contributed by atoms with van der Waals surface area (Å²) in [6, 6.07) is 16.3. The third-order valence-electron chi connectivity index (χ3n) is 4.50. The lowest BCUT2D eigenvalue weighted by Gasteiger charge is -2.15. The van der Waals surface area contributed by atoms with Gasteiger partial charge in [-0.1, -0.05) is 59.8 Å². The molecule has 0 aliphatic rings.